The molecule has 5 aromatic carbocycles. The number of furan rings is 1. The fraction of sp³-hybridized carbons (Fsp3) is 0.170. The smallest absolute Gasteiger partial charge is 0.184 e. The molecule has 0 saturated carbocycles. The van der Waals surface area contributed by atoms with Crippen molar-refractivity contribution in [2.75, 3.05) is 9.80 Å². The lowest BCUT2D eigenvalue weighted by Crippen LogP contribution is -2.38. The second kappa shape index (κ2) is 16.2. The molecule has 0 spiro atoms. The third kappa shape index (κ3) is 6.93. The van der Waals surface area contributed by atoms with Gasteiger partial charge in [0.05, 0.1) is 0 Å². The van der Waals surface area contributed by atoms with Crippen molar-refractivity contribution < 1.29 is 29.9 Å². The molecule has 0 bridgehead atoms. The topological polar surface area (TPSA) is 121 Å². The number of allylic oxidation sites excluding steroid dienone is 5. The normalized spacial score (nSPS) is 17.6. The summed E-state index contributed by atoms with van der Waals surface area (Å²) in [6.45, 7) is 14.7. The minimum absolute atomic E-state index is 0.143. The van der Waals surface area contributed by atoms with Crippen molar-refractivity contribution in [2.45, 2.75) is 58.7 Å². The first kappa shape index (κ1) is 40.8. The van der Waals surface area contributed by atoms with Crippen molar-refractivity contribution in [3.8, 4) is 11.1 Å². The van der Waals surface area contributed by atoms with E-state index >= 15 is 0 Å². The predicted molar refractivity (Wildman–Crippen MR) is 249 cm³/mol. The molecule has 308 valence electrons. The molecule has 5 N–H and O–H groups in total. The monoisotopic (exact) mass is 810 g/mol. The Hall–Kier alpha value is -7.00. The van der Waals surface area contributed by atoms with Crippen LogP contribution in [0.3, 0.4) is 0 Å². The van der Waals surface area contributed by atoms with Crippen LogP contribution in [0.2, 0.25) is 0 Å². The third-order valence-electron chi connectivity index (χ3n) is 11.9. The number of fused-ring (bicyclic) bond motifs is 2. The Morgan fingerprint density at radius 2 is 1.23 bits per heavy atom. The van der Waals surface area contributed by atoms with E-state index in [9.17, 15) is 25.5 Å². The van der Waals surface area contributed by atoms with E-state index < -0.39 is 29.5 Å². The lowest BCUT2D eigenvalue weighted by atomic mass is 9.80. The summed E-state index contributed by atoms with van der Waals surface area (Å²) in [6, 6.07) is 38.4. The van der Waals surface area contributed by atoms with Gasteiger partial charge in [0.1, 0.15) is 29.2 Å². The number of nitrogens with zero attached hydrogens (tertiary/aromatic N) is 2. The summed E-state index contributed by atoms with van der Waals surface area (Å²) in [5.74, 6) is -1.75. The molecule has 2 unspecified atom stereocenters. The molecule has 1 aromatic heterocycles. The quantitative estimate of drug-likeness (QED) is 0.0877. The van der Waals surface area contributed by atoms with Crippen molar-refractivity contribution in [2.24, 2.45) is 0 Å². The van der Waals surface area contributed by atoms with Crippen LogP contribution in [0.1, 0.15) is 63.5 Å². The van der Waals surface area contributed by atoms with Crippen LogP contribution < -0.4 is 9.80 Å². The summed E-state index contributed by atoms with van der Waals surface area (Å²) in [7, 11) is 0. The maximum atomic E-state index is 11.3. The third-order valence-corrected chi connectivity index (χ3v) is 11.9. The molecule has 6 aromatic rings. The summed E-state index contributed by atoms with van der Waals surface area (Å²) in [5, 5.41) is 55.0. The van der Waals surface area contributed by atoms with Gasteiger partial charge in [-0.25, -0.2) is 0 Å². The van der Waals surface area contributed by atoms with Gasteiger partial charge in [-0.1, -0.05) is 100 Å². The SMILES string of the molecule is C=Cc1oc2ccc(N(C3=C(O)C(O)C(O)C(O)=C3O)c3ccc(-c4ccc(N(c5ccccc5)c5ccc6c(c5)C(C)(C)C(/C=C\C)=C6CC)cc4)cc3)cc2c1/C=C\C. The lowest BCUT2D eigenvalue weighted by Gasteiger charge is -2.33. The Bertz CT molecular complexity index is 2800. The van der Waals surface area contributed by atoms with E-state index in [0.717, 1.165) is 45.6 Å². The summed E-state index contributed by atoms with van der Waals surface area (Å²) in [6.07, 6.45) is 6.99. The van der Waals surface area contributed by atoms with E-state index in [0.29, 0.717) is 22.7 Å². The molecule has 2 aliphatic carbocycles. The van der Waals surface area contributed by atoms with E-state index in [-0.39, 0.29) is 11.1 Å². The molecule has 8 heteroatoms. The number of aliphatic hydroxyl groups excluding tert-OH is 5. The fourth-order valence-electron chi connectivity index (χ4n) is 8.81. The summed E-state index contributed by atoms with van der Waals surface area (Å²) >= 11 is 0. The maximum Gasteiger partial charge on any atom is 0.184 e. The number of hydrogen-bond donors (Lipinski definition) is 5. The van der Waals surface area contributed by atoms with E-state index in [4.69, 9.17) is 4.42 Å². The van der Waals surface area contributed by atoms with Crippen LogP contribution >= 0.6 is 0 Å². The van der Waals surface area contributed by atoms with Gasteiger partial charge in [-0.05, 0) is 126 Å². The van der Waals surface area contributed by atoms with Crippen LogP contribution in [0.4, 0.5) is 28.4 Å². The predicted octanol–water partition coefficient (Wildman–Crippen LogP) is 13.2. The number of para-hydroxylation sites is 1. The van der Waals surface area contributed by atoms with E-state index in [1.165, 1.54) is 27.2 Å². The Kier molecular flexibility index (Phi) is 10.8. The molecule has 2 aliphatic rings. The number of benzene rings is 5. The second-order valence-corrected chi connectivity index (χ2v) is 15.8. The molecule has 0 radical (unpaired) electrons. The molecule has 0 amide bonds. The van der Waals surface area contributed by atoms with Crippen molar-refractivity contribution >= 4 is 57.1 Å². The molecule has 8 nitrogen and oxygen atoms in total. The van der Waals surface area contributed by atoms with Gasteiger partial charge in [0.25, 0.3) is 0 Å². The fourth-order valence-corrected chi connectivity index (χ4v) is 8.81. The molecule has 1 heterocycles. The van der Waals surface area contributed by atoms with Crippen LogP contribution in [-0.2, 0) is 5.41 Å². The van der Waals surface area contributed by atoms with Crippen molar-refractivity contribution in [3.05, 3.63) is 191 Å². The first-order chi connectivity index (χ1) is 29.4. The molecule has 0 fully saturated rings. The Morgan fingerprint density at radius 3 is 1.84 bits per heavy atom. The molecule has 0 aliphatic heterocycles. The zero-order valence-corrected chi connectivity index (χ0v) is 35.0. The Labute approximate surface area is 356 Å². The lowest BCUT2D eigenvalue weighted by molar-refractivity contribution is 0.00561. The largest absolute Gasteiger partial charge is 0.507 e. The van der Waals surface area contributed by atoms with E-state index in [2.05, 4.69) is 118 Å². The van der Waals surface area contributed by atoms with Crippen molar-refractivity contribution in [1.82, 2.24) is 0 Å². The highest BCUT2D eigenvalue weighted by atomic mass is 16.4. The first-order valence-corrected chi connectivity index (χ1v) is 20.5. The average molecular weight is 811 g/mol. The van der Waals surface area contributed by atoms with Gasteiger partial charge in [0.2, 0.25) is 0 Å². The van der Waals surface area contributed by atoms with Crippen LogP contribution in [0.15, 0.2) is 173 Å². The molecule has 8 rings (SSSR count). The Morgan fingerprint density at radius 1 is 0.672 bits per heavy atom. The van der Waals surface area contributed by atoms with Gasteiger partial charge in [-0.15, -0.1) is 0 Å². The first-order valence-electron chi connectivity index (χ1n) is 20.5. The second-order valence-electron chi connectivity index (χ2n) is 15.8. The van der Waals surface area contributed by atoms with Crippen LogP contribution in [0.25, 0.3) is 39.8 Å². The molecule has 0 saturated heterocycles. The zero-order chi connectivity index (χ0) is 43.2. The highest BCUT2D eigenvalue weighted by Gasteiger charge is 2.40. The zero-order valence-electron chi connectivity index (χ0n) is 35.0. The van der Waals surface area contributed by atoms with Gasteiger partial charge in [-0.2, -0.15) is 0 Å². The minimum Gasteiger partial charge on any atom is -0.507 e. The van der Waals surface area contributed by atoms with Crippen molar-refractivity contribution in [3.63, 3.8) is 0 Å². The highest BCUT2D eigenvalue weighted by Crippen LogP contribution is 2.50. The molecular weight excluding hydrogens is 761 g/mol. The number of rotatable bonds is 11. The average Bonchev–Trinajstić information content (AvgIpc) is 3.74. The highest BCUT2D eigenvalue weighted by molar-refractivity contribution is 5.94. The summed E-state index contributed by atoms with van der Waals surface area (Å²) in [5.41, 5.74) is 12.3. The van der Waals surface area contributed by atoms with Crippen LogP contribution in [0, 0.1) is 0 Å². The van der Waals surface area contributed by atoms with Gasteiger partial charge in [0.15, 0.2) is 17.3 Å². The number of hydrogen-bond acceptors (Lipinski definition) is 8. The summed E-state index contributed by atoms with van der Waals surface area (Å²) < 4.78 is 6.03. The van der Waals surface area contributed by atoms with Gasteiger partial charge >= 0.3 is 0 Å². The standard InChI is InChI=1S/C53H50N2O6/c1-7-14-41-42-30-37(27-29-46(42)61-45(41)10-4)55(47-48(56)50(58)52(60)51(59)49(47)57)36-24-20-33(21-25-36)32-18-22-35(23-19-32)54(34-16-12-11-13-17-34)38-26-28-40-39(9-3)43(15-8-2)53(5,6)44(40)31-38/h7-8,10-31,50,52,56-60H,4,9H2,1-3,5-6H3/b14-7-,15-8-. The molecule has 61 heavy (non-hydrogen) atoms. The van der Waals surface area contributed by atoms with Gasteiger partial charge in [0, 0.05) is 44.8 Å². The Balaban J connectivity index is 1.18. The van der Waals surface area contributed by atoms with Gasteiger partial charge in [-0.3, -0.25) is 0 Å². The van der Waals surface area contributed by atoms with Crippen LogP contribution in [-0.4, -0.2) is 37.7 Å². The van der Waals surface area contributed by atoms with Crippen LogP contribution in [0.5, 0.6) is 0 Å². The molecule has 2 atom stereocenters. The maximum absolute atomic E-state index is 11.3. The number of anilines is 5. The summed E-state index contributed by atoms with van der Waals surface area (Å²) in [4.78, 5) is 3.81. The van der Waals surface area contributed by atoms with Crippen molar-refractivity contribution in [1.29, 1.82) is 0 Å². The molecular formula is C53H50N2O6. The van der Waals surface area contributed by atoms with Gasteiger partial charge < -0.3 is 39.7 Å². The van der Waals surface area contributed by atoms with E-state index in [1.54, 1.807) is 18.2 Å². The number of aliphatic hydroxyl groups is 5. The minimum atomic E-state index is -1.90. The van der Waals surface area contributed by atoms with E-state index in [1.807, 2.05) is 55.5 Å².